The Morgan fingerprint density at radius 1 is 1.21 bits per heavy atom. The van der Waals surface area contributed by atoms with E-state index in [1.54, 1.807) is 14.2 Å². The van der Waals surface area contributed by atoms with Gasteiger partial charge in [0.15, 0.2) is 0 Å². The SMILES string of the molecule is COC1CC(OC)CC(C(=O)NN)C1. The van der Waals surface area contributed by atoms with E-state index in [4.69, 9.17) is 15.3 Å². The van der Waals surface area contributed by atoms with Gasteiger partial charge in [-0.05, 0) is 19.3 Å². The molecule has 0 radical (unpaired) electrons. The summed E-state index contributed by atoms with van der Waals surface area (Å²) in [6, 6.07) is 0. The number of ether oxygens (including phenoxy) is 2. The van der Waals surface area contributed by atoms with Crippen molar-refractivity contribution in [3.63, 3.8) is 0 Å². The van der Waals surface area contributed by atoms with E-state index < -0.39 is 0 Å². The molecule has 82 valence electrons. The summed E-state index contributed by atoms with van der Waals surface area (Å²) in [7, 11) is 3.31. The van der Waals surface area contributed by atoms with Crippen LogP contribution in [0.3, 0.4) is 0 Å². The van der Waals surface area contributed by atoms with Gasteiger partial charge in [0.2, 0.25) is 5.91 Å². The van der Waals surface area contributed by atoms with E-state index in [0.29, 0.717) is 0 Å². The lowest BCUT2D eigenvalue weighted by Crippen LogP contribution is -2.42. The van der Waals surface area contributed by atoms with Crippen LogP contribution in [0.25, 0.3) is 0 Å². The maximum absolute atomic E-state index is 11.3. The molecule has 0 heterocycles. The predicted octanol–water partition coefficient (Wildman–Crippen LogP) is -0.194. The summed E-state index contributed by atoms with van der Waals surface area (Å²) in [5.74, 6) is 4.87. The first-order valence-electron chi connectivity index (χ1n) is 4.77. The van der Waals surface area contributed by atoms with Crippen molar-refractivity contribution in [2.24, 2.45) is 11.8 Å². The highest BCUT2D eigenvalue weighted by Crippen LogP contribution is 2.27. The molecule has 5 nitrogen and oxygen atoms in total. The summed E-state index contributed by atoms with van der Waals surface area (Å²) in [5.41, 5.74) is 2.17. The number of methoxy groups -OCH3 is 2. The first-order valence-corrected chi connectivity index (χ1v) is 4.77. The van der Waals surface area contributed by atoms with Crippen LogP contribution >= 0.6 is 0 Å². The largest absolute Gasteiger partial charge is 0.381 e. The van der Waals surface area contributed by atoms with Crippen molar-refractivity contribution < 1.29 is 14.3 Å². The number of rotatable bonds is 3. The molecule has 0 aromatic heterocycles. The lowest BCUT2D eigenvalue weighted by atomic mass is 9.84. The molecule has 0 aliphatic heterocycles. The van der Waals surface area contributed by atoms with Gasteiger partial charge in [0.05, 0.1) is 12.2 Å². The minimum absolute atomic E-state index is 0.0935. The van der Waals surface area contributed by atoms with Gasteiger partial charge in [-0.2, -0.15) is 0 Å². The van der Waals surface area contributed by atoms with Gasteiger partial charge in [-0.15, -0.1) is 0 Å². The molecular formula is C9H18N2O3. The van der Waals surface area contributed by atoms with E-state index in [0.717, 1.165) is 19.3 Å². The summed E-state index contributed by atoms with van der Waals surface area (Å²) in [6.07, 6.45) is 2.48. The Bertz CT molecular complexity index is 186. The second-order valence-electron chi connectivity index (χ2n) is 3.63. The number of hydrogen-bond donors (Lipinski definition) is 2. The van der Waals surface area contributed by atoms with Gasteiger partial charge in [0.25, 0.3) is 0 Å². The smallest absolute Gasteiger partial charge is 0.237 e. The third-order valence-corrected chi connectivity index (χ3v) is 2.80. The summed E-state index contributed by atoms with van der Waals surface area (Å²) >= 11 is 0. The molecule has 2 unspecified atom stereocenters. The normalized spacial score (nSPS) is 32.6. The number of nitrogens with two attached hydrogens (primary N) is 1. The lowest BCUT2D eigenvalue weighted by Gasteiger charge is -2.32. The van der Waals surface area contributed by atoms with Crippen LogP contribution < -0.4 is 11.3 Å². The Kier molecular flexibility index (Phi) is 4.31. The summed E-state index contributed by atoms with van der Waals surface area (Å²) in [4.78, 5) is 11.3. The van der Waals surface area contributed by atoms with E-state index in [1.165, 1.54) is 0 Å². The maximum atomic E-state index is 11.3. The molecule has 0 aromatic rings. The zero-order valence-electron chi connectivity index (χ0n) is 8.66. The van der Waals surface area contributed by atoms with Crippen molar-refractivity contribution in [1.82, 2.24) is 5.43 Å². The zero-order chi connectivity index (χ0) is 10.6. The Hall–Kier alpha value is -0.650. The fraction of sp³-hybridized carbons (Fsp3) is 0.889. The molecule has 1 aliphatic rings. The van der Waals surface area contributed by atoms with Crippen LogP contribution in [-0.2, 0) is 14.3 Å². The van der Waals surface area contributed by atoms with E-state index in [2.05, 4.69) is 5.43 Å². The fourth-order valence-corrected chi connectivity index (χ4v) is 1.93. The highest BCUT2D eigenvalue weighted by Gasteiger charge is 2.32. The van der Waals surface area contributed by atoms with Gasteiger partial charge in [-0.1, -0.05) is 0 Å². The molecule has 0 aromatic carbocycles. The number of nitrogens with one attached hydrogen (secondary N) is 1. The summed E-state index contributed by atoms with van der Waals surface area (Å²) in [6.45, 7) is 0. The molecule has 1 amide bonds. The van der Waals surface area contributed by atoms with Crippen molar-refractivity contribution in [2.75, 3.05) is 14.2 Å². The van der Waals surface area contributed by atoms with Gasteiger partial charge >= 0.3 is 0 Å². The highest BCUT2D eigenvalue weighted by atomic mass is 16.5. The predicted molar refractivity (Wildman–Crippen MR) is 51.3 cm³/mol. The number of hydrogen-bond acceptors (Lipinski definition) is 4. The quantitative estimate of drug-likeness (QED) is 0.378. The Labute approximate surface area is 83.9 Å². The molecule has 0 bridgehead atoms. The van der Waals surface area contributed by atoms with E-state index >= 15 is 0 Å². The average Bonchev–Trinajstić information content (AvgIpc) is 2.27. The number of carbonyl (C=O) groups excluding carboxylic acids is 1. The van der Waals surface area contributed by atoms with E-state index in [1.807, 2.05) is 0 Å². The minimum atomic E-state index is -0.131. The molecule has 5 heteroatoms. The molecular weight excluding hydrogens is 184 g/mol. The molecule has 1 saturated carbocycles. The fourth-order valence-electron chi connectivity index (χ4n) is 1.93. The average molecular weight is 202 g/mol. The third-order valence-electron chi connectivity index (χ3n) is 2.80. The van der Waals surface area contributed by atoms with Crippen molar-refractivity contribution in [3.05, 3.63) is 0 Å². The molecule has 1 fully saturated rings. The van der Waals surface area contributed by atoms with Crippen molar-refractivity contribution in [1.29, 1.82) is 0 Å². The van der Waals surface area contributed by atoms with Crippen LogP contribution in [0.15, 0.2) is 0 Å². The van der Waals surface area contributed by atoms with Gasteiger partial charge in [-0.25, -0.2) is 5.84 Å². The van der Waals surface area contributed by atoms with Crippen LogP contribution in [0.5, 0.6) is 0 Å². The molecule has 0 saturated heterocycles. The van der Waals surface area contributed by atoms with Crippen LogP contribution in [0, 0.1) is 5.92 Å². The first-order chi connectivity index (χ1) is 6.71. The minimum Gasteiger partial charge on any atom is -0.381 e. The number of amides is 1. The van der Waals surface area contributed by atoms with Crippen molar-refractivity contribution in [2.45, 2.75) is 31.5 Å². The lowest BCUT2D eigenvalue weighted by molar-refractivity contribution is -0.130. The molecule has 3 N–H and O–H groups in total. The van der Waals surface area contributed by atoms with Crippen LogP contribution in [0.4, 0.5) is 0 Å². The summed E-state index contributed by atoms with van der Waals surface area (Å²) in [5, 5.41) is 0. The highest BCUT2D eigenvalue weighted by molar-refractivity contribution is 5.78. The Balaban J connectivity index is 2.55. The molecule has 1 aliphatic carbocycles. The number of hydrazine groups is 1. The topological polar surface area (TPSA) is 73.6 Å². The van der Waals surface area contributed by atoms with Gasteiger partial charge in [0.1, 0.15) is 0 Å². The molecule has 14 heavy (non-hydrogen) atoms. The molecule has 0 spiro atoms. The number of carbonyl (C=O) groups is 1. The standard InChI is InChI=1S/C9H18N2O3/c1-13-7-3-6(9(12)11-10)4-8(5-7)14-2/h6-8H,3-5,10H2,1-2H3,(H,11,12). The third kappa shape index (κ3) is 2.67. The van der Waals surface area contributed by atoms with Crippen LogP contribution in [-0.4, -0.2) is 32.3 Å². The summed E-state index contributed by atoms with van der Waals surface area (Å²) < 4.78 is 10.5. The zero-order valence-corrected chi connectivity index (χ0v) is 8.66. The first kappa shape index (κ1) is 11.4. The van der Waals surface area contributed by atoms with E-state index in [9.17, 15) is 4.79 Å². The van der Waals surface area contributed by atoms with Gasteiger partial charge < -0.3 is 9.47 Å². The monoisotopic (exact) mass is 202 g/mol. The van der Waals surface area contributed by atoms with Crippen molar-refractivity contribution in [3.8, 4) is 0 Å². The van der Waals surface area contributed by atoms with Crippen LogP contribution in [0.1, 0.15) is 19.3 Å². The maximum Gasteiger partial charge on any atom is 0.237 e. The second-order valence-corrected chi connectivity index (χ2v) is 3.63. The molecule has 1 rings (SSSR count). The second kappa shape index (κ2) is 5.29. The Morgan fingerprint density at radius 3 is 2.07 bits per heavy atom. The Morgan fingerprint density at radius 2 is 1.71 bits per heavy atom. The van der Waals surface area contributed by atoms with Crippen LogP contribution in [0.2, 0.25) is 0 Å². The van der Waals surface area contributed by atoms with Gasteiger partial charge in [-0.3, -0.25) is 10.2 Å². The van der Waals surface area contributed by atoms with Crippen molar-refractivity contribution >= 4 is 5.91 Å². The van der Waals surface area contributed by atoms with E-state index in [-0.39, 0.29) is 24.0 Å². The molecule has 2 atom stereocenters. The van der Waals surface area contributed by atoms with Gasteiger partial charge in [0, 0.05) is 20.1 Å².